The lowest BCUT2D eigenvalue weighted by Gasteiger charge is -2.33. The molecule has 192 valence electrons. The summed E-state index contributed by atoms with van der Waals surface area (Å²) in [6.07, 6.45) is 1.16. The summed E-state index contributed by atoms with van der Waals surface area (Å²) in [5.41, 5.74) is 1.47. The van der Waals surface area contributed by atoms with Gasteiger partial charge in [0, 0.05) is 49.9 Å². The number of hydrogen-bond acceptors (Lipinski definition) is 4. The molecule has 4 heterocycles. The van der Waals surface area contributed by atoms with Gasteiger partial charge in [-0.1, -0.05) is 11.6 Å². The largest absolute Gasteiger partial charge is 0.406 e. The van der Waals surface area contributed by atoms with Crippen molar-refractivity contribution in [2.24, 2.45) is 5.92 Å². The van der Waals surface area contributed by atoms with Gasteiger partial charge in [-0.15, -0.1) is 0 Å². The van der Waals surface area contributed by atoms with Crippen LogP contribution in [-0.4, -0.2) is 67.2 Å². The molecule has 13 heteroatoms. The van der Waals surface area contributed by atoms with E-state index in [9.17, 15) is 27.6 Å². The number of nitrogens with zero attached hydrogens (tertiary/aromatic N) is 4. The molecule has 1 aromatic carbocycles. The molecule has 36 heavy (non-hydrogen) atoms. The van der Waals surface area contributed by atoms with Crippen LogP contribution in [0.5, 0.6) is 0 Å². The van der Waals surface area contributed by atoms with Crippen molar-refractivity contribution in [1.82, 2.24) is 29.5 Å². The van der Waals surface area contributed by atoms with E-state index < -0.39 is 24.5 Å². The molecule has 5 rings (SSSR count). The van der Waals surface area contributed by atoms with Gasteiger partial charge < -0.3 is 14.8 Å². The minimum Gasteiger partial charge on any atom is -0.343 e. The number of nitrogens with one attached hydrogen (secondary N) is 2. The van der Waals surface area contributed by atoms with Crippen LogP contribution in [0.25, 0.3) is 10.9 Å². The second-order valence-electron chi connectivity index (χ2n) is 9.35. The van der Waals surface area contributed by atoms with Crippen molar-refractivity contribution < 1.29 is 22.8 Å². The molecule has 2 aliphatic rings. The van der Waals surface area contributed by atoms with Gasteiger partial charge >= 0.3 is 11.9 Å². The Kier molecular flexibility index (Phi) is 6.31. The lowest BCUT2D eigenvalue weighted by Crippen LogP contribution is -2.44. The van der Waals surface area contributed by atoms with Gasteiger partial charge in [-0.2, -0.15) is 18.3 Å². The zero-order chi connectivity index (χ0) is 25.6. The zero-order valence-corrected chi connectivity index (χ0v) is 19.9. The number of halogens is 4. The molecular formula is C23H24ClF3N6O3. The van der Waals surface area contributed by atoms with Crippen LogP contribution in [0.15, 0.2) is 29.5 Å². The number of H-pyrrole nitrogens is 2. The SMILES string of the molecule is O=C(C[C@@H]1Cc2cc(Cl)c3[nH]ncc3c2CN(CC(F)(F)F)C1=O)N1CCC(n2cc[nH]c2=O)CC1. The highest BCUT2D eigenvalue weighted by Crippen LogP contribution is 2.35. The fourth-order valence-corrected chi connectivity index (χ4v) is 5.57. The number of alkyl halides is 3. The van der Waals surface area contributed by atoms with Gasteiger partial charge in [-0.25, -0.2) is 4.79 Å². The van der Waals surface area contributed by atoms with Crippen molar-refractivity contribution >= 4 is 34.3 Å². The lowest BCUT2D eigenvalue weighted by molar-refractivity contribution is -0.165. The molecule has 1 fully saturated rings. The summed E-state index contributed by atoms with van der Waals surface area (Å²) >= 11 is 6.36. The van der Waals surface area contributed by atoms with E-state index in [1.165, 1.54) is 6.20 Å². The molecule has 0 aliphatic carbocycles. The van der Waals surface area contributed by atoms with E-state index in [0.29, 0.717) is 53.0 Å². The highest BCUT2D eigenvalue weighted by Gasteiger charge is 2.39. The molecule has 0 unspecified atom stereocenters. The molecule has 2 N–H and O–H groups in total. The van der Waals surface area contributed by atoms with Crippen molar-refractivity contribution in [3.63, 3.8) is 0 Å². The normalized spacial score (nSPS) is 19.6. The van der Waals surface area contributed by atoms with Crippen LogP contribution < -0.4 is 5.69 Å². The number of imidazole rings is 1. The molecule has 1 saturated heterocycles. The summed E-state index contributed by atoms with van der Waals surface area (Å²) < 4.78 is 41.7. The first kappa shape index (κ1) is 24.4. The Hall–Kier alpha value is -3.28. The molecule has 0 radical (unpaired) electrons. The highest BCUT2D eigenvalue weighted by molar-refractivity contribution is 6.35. The highest BCUT2D eigenvalue weighted by atomic mass is 35.5. The van der Waals surface area contributed by atoms with Crippen LogP contribution in [-0.2, 0) is 22.6 Å². The van der Waals surface area contributed by atoms with Gasteiger partial charge in [0.2, 0.25) is 11.8 Å². The fourth-order valence-electron chi connectivity index (χ4n) is 5.29. The quantitative estimate of drug-likeness (QED) is 0.547. The minimum atomic E-state index is -4.59. The third kappa shape index (κ3) is 4.73. The van der Waals surface area contributed by atoms with E-state index in [4.69, 9.17) is 11.6 Å². The Morgan fingerprint density at radius 2 is 1.97 bits per heavy atom. The molecule has 3 aromatic rings. The predicted octanol–water partition coefficient (Wildman–Crippen LogP) is 3.02. The van der Waals surface area contributed by atoms with Gasteiger partial charge in [0.05, 0.1) is 22.7 Å². The first-order valence-corrected chi connectivity index (χ1v) is 12.0. The van der Waals surface area contributed by atoms with E-state index in [0.717, 1.165) is 4.90 Å². The summed E-state index contributed by atoms with van der Waals surface area (Å²) in [7, 11) is 0. The monoisotopic (exact) mass is 524 g/mol. The number of rotatable bonds is 4. The number of carbonyl (C=O) groups excluding carboxylic acids is 2. The first-order valence-electron chi connectivity index (χ1n) is 11.6. The molecule has 2 aliphatic heterocycles. The van der Waals surface area contributed by atoms with Crippen LogP contribution in [0, 0.1) is 5.92 Å². The van der Waals surface area contributed by atoms with Crippen molar-refractivity contribution in [3.8, 4) is 0 Å². The Bertz CT molecular complexity index is 1360. The first-order chi connectivity index (χ1) is 17.1. The zero-order valence-electron chi connectivity index (χ0n) is 19.1. The summed E-state index contributed by atoms with van der Waals surface area (Å²) in [5.74, 6) is -1.95. The molecular weight excluding hydrogens is 501 g/mol. The summed E-state index contributed by atoms with van der Waals surface area (Å²) in [6, 6.07) is 1.60. The number of carbonyl (C=O) groups is 2. The Balaban J connectivity index is 1.36. The number of piperidine rings is 1. The fraction of sp³-hybridized carbons (Fsp3) is 0.478. The van der Waals surface area contributed by atoms with Crippen molar-refractivity contribution in [1.29, 1.82) is 0 Å². The molecule has 9 nitrogen and oxygen atoms in total. The maximum absolute atomic E-state index is 13.4. The number of hydrogen-bond donors (Lipinski definition) is 2. The van der Waals surface area contributed by atoms with Crippen LogP contribution in [0.1, 0.15) is 36.4 Å². The van der Waals surface area contributed by atoms with Gasteiger partial charge in [0.25, 0.3) is 0 Å². The number of likely N-dealkylation sites (tertiary alicyclic amines) is 1. The topological polar surface area (TPSA) is 107 Å². The Morgan fingerprint density at radius 3 is 2.64 bits per heavy atom. The molecule has 1 atom stereocenters. The van der Waals surface area contributed by atoms with Crippen LogP contribution in [0.2, 0.25) is 5.02 Å². The van der Waals surface area contributed by atoms with Crippen molar-refractivity contribution in [2.45, 2.75) is 44.4 Å². The molecule has 0 saturated carbocycles. The number of aromatic amines is 2. The van der Waals surface area contributed by atoms with E-state index in [-0.39, 0.29) is 37.0 Å². The second kappa shape index (κ2) is 9.30. The van der Waals surface area contributed by atoms with Gasteiger partial charge in [-0.3, -0.25) is 19.3 Å². The van der Waals surface area contributed by atoms with Gasteiger partial charge in [-0.05, 0) is 36.5 Å². The Labute approximate surface area is 208 Å². The van der Waals surface area contributed by atoms with Crippen molar-refractivity contribution in [3.05, 3.63) is 51.3 Å². The van der Waals surface area contributed by atoms with Crippen LogP contribution in [0.3, 0.4) is 0 Å². The molecule has 2 aromatic heterocycles. The predicted molar refractivity (Wildman–Crippen MR) is 124 cm³/mol. The molecule has 0 bridgehead atoms. The average molecular weight is 525 g/mol. The number of benzene rings is 1. The number of fused-ring (bicyclic) bond motifs is 3. The average Bonchev–Trinajstić information content (AvgIpc) is 3.46. The maximum Gasteiger partial charge on any atom is 0.406 e. The molecule has 0 spiro atoms. The van der Waals surface area contributed by atoms with Gasteiger partial charge in [0.15, 0.2) is 0 Å². The second-order valence-corrected chi connectivity index (χ2v) is 9.76. The van der Waals surface area contributed by atoms with E-state index in [1.807, 2.05) is 0 Å². The van der Waals surface area contributed by atoms with Crippen molar-refractivity contribution in [2.75, 3.05) is 19.6 Å². The maximum atomic E-state index is 13.4. The van der Waals surface area contributed by atoms with Gasteiger partial charge in [0.1, 0.15) is 6.54 Å². The third-order valence-electron chi connectivity index (χ3n) is 7.05. The summed E-state index contributed by atoms with van der Waals surface area (Å²) in [4.78, 5) is 43.3. The van der Waals surface area contributed by atoms with Crippen LogP contribution in [0.4, 0.5) is 13.2 Å². The third-order valence-corrected chi connectivity index (χ3v) is 7.34. The van der Waals surface area contributed by atoms with E-state index in [2.05, 4.69) is 15.2 Å². The number of amides is 2. The Morgan fingerprint density at radius 1 is 1.22 bits per heavy atom. The van der Waals surface area contributed by atoms with Crippen LogP contribution >= 0.6 is 11.6 Å². The smallest absolute Gasteiger partial charge is 0.343 e. The molecule has 2 amide bonds. The standard InChI is InChI=1S/C23H24ClF3N6O3/c24-18-8-13-7-14(9-19(34)31-4-1-15(2-5-31)33-6-3-28-22(33)36)21(35)32(12-23(25,26)27)11-17(13)16-10-29-30-20(16)18/h3,6,8,10,14-15H,1-2,4-5,7,9,11-12H2,(H,28,36)(H,29,30)/t14-/m0/s1. The summed E-state index contributed by atoms with van der Waals surface area (Å²) in [6.45, 7) is -0.865. The lowest BCUT2D eigenvalue weighted by atomic mass is 9.92. The number of aromatic nitrogens is 4. The van der Waals surface area contributed by atoms with E-state index >= 15 is 0 Å². The minimum absolute atomic E-state index is 0.0408. The van der Waals surface area contributed by atoms with E-state index in [1.54, 1.807) is 27.9 Å². The summed E-state index contributed by atoms with van der Waals surface area (Å²) in [5, 5.41) is 7.62.